The van der Waals surface area contributed by atoms with E-state index in [4.69, 9.17) is 0 Å². The number of nitrogens with zero attached hydrogens (tertiary/aromatic N) is 3. The molecule has 8 heteroatoms. The summed E-state index contributed by atoms with van der Waals surface area (Å²) >= 11 is 2.40. The van der Waals surface area contributed by atoms with Crippen LogP contribution in [-0.2, 0) is 11.3 Å². The van der Waals surface area contributed by atoms with Gasteiger partial charge in [0.05, 0.1) is 11.7 Å². The summed E-state index contributed by atoms with van der Waals surface area (Å²) in [5.74, 6) is -0.205. The van der Waals surface area contributed by atoms with Gasteiger partial charge in [-0.15, -0.1) is 5.10 Å². The second-order valence-electron chi connectivity index (χ2n) is 4.21. The number of hydrogen-bond acceptors (Lipinski definition) is 6. The van der Waals surface area contributed by atoms with Crippen molar-refractivity contribution in [2.75, 3.05) is 0 Å². The number of carbonyl (C=O) groups excluding carboxylic acids is 1. The predicted molar refractivity (Wildman–Crippen MR) is 74.5 cm³/mol. The van der Waals surface area contributed by atoms with E-state index in [1.165, 1.54) is 16.1 Å². The van der Waals surface area contributed by atoms with Crippen LogP contribution in [0, 0.1) is 13.8 Å². The summed E-state index contributed by atoms with van der Waals surface area (Å²) in [5.41, 5.74) is 1.57. The summed E-state index contributed by atoms with van der Waals surface area (Å²) in [6.07, 6.45) is 0. The molecule has 19 heavy (non-hydrogen) atoms. The Labute approximate surface area is 118 Å². The quantitative estimate of drug-likeness (QED) is 0.921. The lowest BCUT2D eigenvalue weighted by Gasteiger charge is -2.11. The summed E-state index contributed by atoms with van der Waals surface area (Å²) in [4.78, 5) is 24.4. The molecule has 2 aromatic heterocycles. The van der Waals surface area contributed by atoms with Crippen LogP contribution >= 0.6 is 22.9 Å². The number of hydrogen-bond donors (Lipinski definition) is 1. The molecule has 102 valence electrons. The SMILES string of the molecule is Cc1sc(=O)n(CC(=O)NC(C)c2csnn2)c1C. The first-order valence-electron chi connectivity index (χ1n) is 5.72. The van der Waals surface area contributed by atoms with Crippen molar-refractivity contribution in [1.29, 1.82) is 0 Å². The molecule has 1 N–H and O–H groups in total. The standard InChI is InChI=1S/C11H14N4O2S2/c1-6(9-5-18-14-13-9)12-10(16)4-15-7(2)8(3)19-11(15)17/h5-6H,4H2,1-3H3,(H,12,16). The molecule has 0 fully saturated rings. The number of aryl methyl sites for hydroxylation is 1. The maximum atomic E-state index is 11.9. The molecular weight excluding hydrogens is 284 g/mol. The van der Waals surface area contributed by atoms with Crippen molar-refractivity contribution in [3.8, 4) is 0 Å². The molecule has 0 aliphatic carbocycles. The number of rotatable bonds is 4. The molecule has 0 bridgehead atoms. The van der Waals surface area contributed by atoms with Crippen LogP contribution in [-0.4, -0.2) is 20.1 Å². The Balaban J connectivity index is 2.04. The molecule has 0 aliphatic heterocycles. The smallest absolute Gasteiger partial charge is 0.308 e. The molecule has 6 nitrogen and oxygen atoms in total. The zero-order valence-electron chi connectivity index (χ0n) is 10.8. The topological polar surface area (TPSA) is 76.9 Å². The molecule has 1 unspecified atom stereocenters. The molecule has 1 atom stereocenters. The summed E-state index contributed by atoms with van der Waals surface area (Å²) < 4.78 is 5.24. The van der Waals surface area contributed by atoms with Crippen LogP contribution in [0.4, 0.5) is 0 Å². The molecule has 0 saturated carbocycles. The minimum Gasteiger partial charge on any atom is -0.346 e. The summed E-state index contributed by atoms with van der Waals surface area (Å²) in [5, 5.41) is 8.50. The van der Waals surface area contributed by atoms with E-state index in [1.807, 2.05) is 20.8 Å². The van der Waals surface area contributed by atoms with E-state index >= 15 is 0 Å². The van der Waals surface area contributed by atoms with Crippen LogP contribution in [0.3, 0.4) is 0 Å². The van der Waals surface area contributed by atoms with Crippen molar-refractivity contribution in [2.45, 2.75) is 33.4 Å². The van der Waals surface area contributed by atoms with Crippen LogP contribution in [0.15, 0.2) is 10.2 Å². The molecule has 0 spiro atoms. The Morgan fingerprint density at radius 2 is 2.26 bits per heavy atom. The Kier molecular flexibility index (Phi) is 4.11. The lowest BCUT2D eigenvalue weighted by molar-refractivity contribution is -0.122. The maximum absolute atomic E-state index is 11.9. The molecular formula is C11H14N4O2S2. The van der Waals surface area contributed by atoms with Crippen molar-refractivity contribution in [1.82, 2.24) is 19.5 Å². The average Bonchev–Trinajstić information content (AvgIpc) is 2.94. The summed E-state index contributed by atoms with van der Waals surface area (Å²) in [6, 6.07) is -0.206. The van der Waals surface area contributed by atoms with E-state index in [0.29, 0.717) is 0 Å². The minimum atomic E-state index is -0.206. The van der Waals surface area contributed by atoms with E-state index < -0.39 is 0 Å². The van der Waals surface area contributed by atoms with Gasteiger partial charge >= 0.3 is 4.87 Å². The summed E-state index contributed by atoms with van der Waals surface area (Å²) in [6.45, 7) is 5.59. The predicted octanol–water partition coefficient (Wildman–Crippen LogP) is 1.26. The number of carbonyl (C=O) groups is 1. The first kappa shape index (κ1) is 13.9. The highest BCUT2D eigenvalue weighted by Gasteiger charge is 2.15. The lowest BCUT2D eigenvalue weighted by atomic mass is 10.2. The van der Waals surface area contributed by atoms with Gasteiger partial charge in [0.15, 0.2) is 0 Å². The van der Waals surface area contributed by atoms with Gasteiger partial charge in [0.1, 0.15) is 6.54 Å². The van der Waals surface area contributed by atoms with Crippen molar-refractivity contribution in [3.63, 3.8) is 0 Å². The first-order valence-corrected chi connectivity index (χ1v) is 7.37. The molecule has 2 heterocycles. The van der Waals surface area contributed by atoms with Gasteiger partial charge in [0, 0.05) is 16.0 Å². The van der Waals surface area contributed by atoms with Crippen LogP contribution in [0.1, 0.15) is 29.2 Å². The van der Waals surface area contributed by atoms with Crippen molar-refractivity contribution < 1.29 is 4.79 Å². The molecule has 0 radical (unpaired) electrons. The van der Waals surface area contributed by atoms with Crippen molar-refractivity contribution in [3.05, 3.63) is 31.3 Å². The lowest BCUT2D eigenvalue weighted by Crippen LogP contribution is -2.33. The molecule has 1 amide bonds. The number of amides is 1. The van der Waals surface area contributed by atoms with E-state index in [2.05, 4.69) is 14.9 Å². The largest absolute Gasteiger partial charge is 0.346 e. The maximum Gasteiger partial charge on any atom is 0.308 e. The second-order valence-corrected chi connectivity index (χ2v) is 5.99. The number of aromatic nitrogens is 3. The summed E-state index contributed by atoms with van der Waals surface area (Å²) in [7, 11) is 0. The van der Waals surface area contributed by atoms with E-state index in [-0.39, 0.29) is 23.4 Å². The normalized spacial score (nSPS) is 12.4. The Hall–Kier alpha value is -1.54. The third-order valence-electron chi connectivity index (χ3n) is 2.87. The van der Waals surface area contributed by atoms with Crippen LogP contribution < -0.4 is 10.2 Å². The monoisotopic (exact) mass is 298 g/mol. The van der Waals surface area contributed by atoms with Crippen molar-refractivity contribution >= 4 is 28.8 Å². The van der Waals surface area contributed by atoms with Crippen LogP contribution in [0.5, 0.6) is 0 Å². The van der Waals surface area contributed by atoms with Gasteiger partial charge < -0.3 is 5.32 Å². The Morgan fingerprint density at radius 1 is 1.53 bits per heavy atom. The number of nitrogens with one attached hydrogen (secondary N) is 1. The minimum absolute atomic E-state index is 0.0386. The van der Waals surface area contributed by atoms with E-state index in [1.54, 1.807) is 5.38 Å². The molecule has 2 rings (SSSR count). The fourth-order valence-electron chi connectivity index (χ4n) is 1.64. The second kappa shape index (κ2) is 5.62. The highest BCUT2D eigenvalue weighted by atomic mass is 32.1. The molecule has 0 aliphatic rings. The van der Waals surface area contributed by atoms with Crippen LogP contribution in [0.25, 0.3) is 0 Å². The number of thiazole rings is 1. The van der Waals surface area contributed by atoms with Crippen LogP contribution in [0.2, 0.25) is 0 Å². The van der Waals surface area contributed by atoms with E-state index in [0.717, 1.165) is 27.6 Å². The molecule has 2 aromatic rings. The van der Waals surface area contributed by atoms with E-state index in [9.17, 15) is 9.59 Å². The fourth-order valence-corrected chi connectivity index (χ4v) is 3.01. The zero-order valence-corrected chi connectivity index (χ0v) is 12.5. The van der Waals surface area contributed by atoms with Gasteiger partial charge in [-0.2, -0.15) is 0 Å². The van der Waals surface area contributed by atoms with Gasteiger partial charge in [-0.05, 0) is 32.3 Å². The molecule has 0 aromatic carbocycles. The first-order chi connectivity index (χ1) is 8.99. The highest BCUT2D eigenvalue weighted by molar-refractivity contribution is 7.09. The Bertz CT molecular complexity index is 630. The third kappa shape index (κ3) is 3.07. The van der Waals surface area contributed by atoms with Gasteiger partial charge in [-0.25, -0.2) is 0 Å². The van der Waals surface area contributed by atoms with Gasteiger partial charge in [0.2, 0.25) is 5.91 Å². The fraction of sp³-hybridized carbons (Fsp3) is 0.455. The average molecular weight is 298 g/mol. The van der Waals surface area contributed by atoms with Gasteiger partial charge in [0.25, 0.3) is 0 Å². The van der Waals surface area contributed by atoms with Gasteiger partial charge in [-0.1, -0.05) is 15.8 Å². The zero-order chi connectivity index (χ0) is 14.0. The van der Waals surface area contributed by atoms with Crippen molar-refractivity contribution in [2.24, 2.45) is 0 Å². The molecule has 0 saturated heterocycles. The highest BCUT2D eigenvalue weighted by Crippen LogP contribution is 2.11. The third-order valence-corrected chi connectivity index (χ3v) is 4.39. The Morgan fingerprint density at radius 3 is 2.79 bits per heavy atom. The van der Waals surface area contributed by atoms with Gasteiger partial charge in [-0.3, -0.25) is 14.2 Å².